The second kappa shape index (κ2) is 9.75. The van der Waals surface area contributed by atoms with E-state index in [4.69, 9.17) is 4.55 Å². The minimum absolute atomic E-state index is 0. The third-order valence-corrected chi connectivity index (χ3v) is 4.65. The first-order valence-corrected chi connectivity index (χ1v) is 9.06. The van der Waals surface area contributed by atoms with Gasteiger partial charge in [0.2, 0.25) is 5.91 Å². The number of carbonyl (C=O) groups is 1. The number of fused-ring (bicyclic) bond motifs is 1. The predicted octanol–water partition coefficient (Wildman–Crippen LogP) is 3.62. The van der Waals surface area contributed by atoms with E-state index in [0.717, 1.165) is 18.6 Å². The van der Waals surface area contributed by atoms with E-state index in [1.165, 1.54) is 12.3 Å². The van der Waals surface area contributed by atoms with Gasteiger partial charge in [-0.3, -0.25) is 14.5 Å². The van der Waals surface area contributed by atoms with Gasteiger partial charge in [0.05, 0.1) is 17.3 Å². The topological polar surface area (TPSA) is 71.2 Å². The van der Waals surface area contributed by atoms with Crippen molar-refractivity contribution < 1.29 is 22.5 Å². The smallest absolute Gasteiger partial charge is 0.266 e. The van der Waals surface area contributed by atoms with Gasteiger partial charge in [0.15, 0.2) is 0 Å². The van der Waals surface area contributed by atoms with Crippen LogP contribution in [0.4, 0.5) is 13.2 Å². The summed E-state index contributed by atoms with van der Waals surface area (Å²) in [6.07, 6.45) is 3.11. The van der Waals surface area contributed by atoms with Crippen molar-refractivity contribution >= 4 is 29.9 Å². The molecule has 1 aliphatic rings. The Labute approximate surface area is 170 Å². The number of aromatic nitrogens is 3. The van der Waals surface area contributed by atoms with Crippen LogP contribution in [0.5, 0.6) is 0 Å². The average molecular weight is 689 g/mol. The maximum atomic E-state index is 13.5. The number of benzene rings is 1. The van der Waals surface area contributed by atoms with Crippen LogP contribution >= 0.6 is 0 Å². The van der Waals surface area contributed by atoms with Crippen LogP contribution in [-0.4, -0.2) is 43.2 Å². The van der Waals surface area contributed by atoms with Crippen LogP contribution in [0.1, 0.15) is 18.4 Å². The molecule has 11 heteroatoms. The number of pyridine rings is 1. The number of halogens is 3. The number of amides is 1. The number of carbonyl (C=O) groups excluding carboxylic acids is 1. The van der Waals surface area contributed by atoms with Gasteiger partial charge >= 0.3 is 0 Å². The van der Waals surface area contributed by atoms with Crippen molar-refractivity contribution in [3.63, 3.8) is 0 Å². The van der Waals surface area contributed by atoms with E-state index in [2.05, 4.69) is 23.0 Å². The van der Waals surface area contributed by atoms with Gasteiger partial charge in [-0.05, 0) is 30.3 Å². The molecule has 0 atom stereocenters. The number of hydrogen-bond donors (Lipinski definition) is 1. The maximum Gasteiger partial charge on any atom is 0.266 e. The Morgan fingerprint density at radius 3 is 2.67 bits per heavy atom. The molecule has 1 N–H and O–H groups in total. The Kier molecular flexibility index (Phi) is 7.38. The Hall–Kier alpha value is -3.59. The molecule has 0 saturated carbocycles. The van der Waals surface area contributed by atoms with E-state index < -0.39 is 17.8 Å². The van der Waals surface area contributed by atoms with E-state index in [1.54, 1.807) is 21.8 Å². The molecule has 0 aliphatic carbocycles. The molecule has 156 valence electrons. The number of likely N-dealkylation sites (tertiary alicyclic amines) is 1. The van der Waals surface area contributed by atoms with Crippen molar-refractivity contribution in [2.75, 3.05) is 13.1 Å². The Balaban J connectivity index is 0.00000104. The molecule has 3 aromatic rings. The number of alkyl halides is 2. The fraction of sp³-hybridized carbons (Fsp3) is 0.263. The Bertz CT molecular complexity index is 1010. The van der Waals surface area contributed by atoms with Crippen LogP contribution in [0.3, 0.4) is 0 Å². The summed E-state index contributed by atoms with van der Waals surface area (Å²) in [5.74, 6) is -0.984. The number of hydrogen-bond acceptors (Lipinski definition) is 5. The fourth-order valence-electron chi connectivity index (χ4n) is 3.17. The second-order valence-electron chi connectivity index (χ2n) is 6.38. The van der Waals surface area contributed by atoms with Gasteiger partial charge in [0.25, 0.3) is 6.43 Å². The maximum absolute atomic E-state index is 13.5. The number of nitrogens with zero attached hydrogens (tertiary/aromatic N) is 4. The molecular formula is C19H17F3N4O2RfS-2. The quantitative estimate of drug-likeness (QED) is 0.335. The summed E-state index contributed by atoms with van der Waals surface area (Å²) in [5, 5.41) is 4.22. The standard InChI is InChI=1S/C19H16F3N4O.H2OS.Rf/c20-15-4-3-12(7-14(15)19(21)22)13-8-17-16(23-9-13)10-24-26(17)11-18(27)25-5-1-2-6-25;1-2;/h1,3-4,7-10,19H,2,5-6,11H2;1-2H;/q-1;;/p-1. The molecule has 3 heterocycles. The first-order valence-electron chi connectivity index (χ1n) is 8.70. The molecule has 6 nitrogen and oxygen atoms in total. The van der Waals surface area contributed by atoms with Crippen molar-refractivity contribution in [2.45, 2.75) is 19.4 Å². The van der Waals surface area contributed by atoms with E-state index in [-0.39, 0.29) is 12.5 Å². The van der Waals surface area contributed by atoms with Crippen LogP contribution in [-0.2, 0) is 24.2 Å². The van der Waals surface area contributed by atoms with Gasteiger partial charge in [0.1, 0.15) is 17.9 Å². The third-order valence-electron chi connectivity index (χ3n) is 4.65. The summed E-state index contributed by atoms with van der Waals surface area (Å²) in [6.45, 7) is 1.41. The molecule has 1 fully saturated rings. The van der Waals surface area contributed by atoms with Gasteiger partial charge < -0.3 is 28.8 Å². The molecule has 1 aliphatic heterocycles. The predicted molar refractivity (Wildman–Crippen MR) is 103 cm³/mol. The fourth-order valence-corrected chi connectivity index (χ4v) is 3.17. The molecule has 0 radical (unpaired) electrons. The second-order valence-corrected chi connectivity index (χ2v) is 6.38. The van der Waals surface area contributed by atoms with Crippen molar-refractivity contribution in [3.05, 3.63) is 54.5 Å². The van der Waals surface area contributed by atoms with Gasteiger partial charge in [-0.15, -0.1) is 6.54 Å². The van der Waals surface area contributed by atoms with E-state index in [0.29, 0.717) is 35.2 Å². The molecule has 0 spiro atoms. The zero-order chi connectivity index (χ0) is 21.0. The molecule has 0 unspecified atom stereocenters. The van der Waals surface area contributed by atoms with Crippen molar-refractivity contribution in [1.82, 2.24) is 19.7 Å². The average Bonchev–Trinajstić information content (AvgIpc) is 3.40. The first-order chi connectivity index (χ1) is 14.0. The van der Waals surface area contributed by atoms with Gasteiger partial charge in [-0.25, -0.2) is 13.2 Å². The van der Waals surface area contributed by atoms with Crippen LogP contribution in [0.25, 0.3) is 22.2 Å². The van der Waals surface area contributed by atoms with Crippen LogP contribution in [0, 0.1) is 12.2 Å². The molecule has 4 rings (SSSR count). The molecule has 0 bridgehead atoms. The summed E-state index contributed by atoms with van der Waals surface area (Å²) in [5.41, 5.74) is 1.53. The van der Waals surface area contributed by atoms with Crippen LogP contribution in [0.15, 0.2) is 36.7 Å². The number of rotatable bonds is 4. The van der Waals surface area contributed by atoms with E-state index in [9.17, 15) is 18.0 Å². The largest absolute Gasteiger partial charge is 0.628 e. The molecule has 1 aromatic carbocycles. The summed E-state index contributed by atoms with van der Waals surface area (Å²) in [7, 11) is 0. The molecule has 1 saturated heterocycles. The summed E-state index contributed by atoms with van der Waals surface area (Å²) in [6, 6.07) is 5.29. The first kappa shape index (κ1) is 22.7. The molecule has 2 aromatic heterocycles. The third kappa shape index (κ3) is 4.52. The van der Waals surface area contributed by atoms with Gasteiger partial charge in [0, 0.05) is 11.8 Å². The Morgan fingerprint density at radius 1 is 1.23 bits per heavy atom. The van der Waals surface area contributed by atoms with Crippen molar-refractivity contribution in [3.8, 4) is 11.1 Å². The zero-order valence-electron chi connectivity index (χ0n) is 15.8. The Morgan fingerprint density at radius 2 is 2.00 bits per heavy atom. The summed E-state index contributed by atoms with van der Waals surface area (Å²) in [4.78, 5) is 18.4. The van der Waals surface area contributed by atoms with Crippen molar-refractivity contribution in [1.29, 1.82) is 0 Å². The van der Waals surface area contributed by atoms with Gasteiger partial charge in [-0.1, -0.05) is 6.07 Å². The molecule has 1 amide bonds. The SMILES string of the molecule is O=C(Cn1ncc2ncc(-c3ccc(F)c(C(F)F)c3)cc21)N1C[CH-]CC1.O[S-].[Rf]. The molecule has 30 heavy (non-hydrogen) atoms. The van der Waals surface area contributed by atoms with Gasteiger partial charge in [-0.2, -0.15) is 11.5 Å². The summed E-state index contributed by atoms with van der Waals surface area (Å²) >= 11 is 3.08. The summed E-state index contributed by atoms with van der Waals surface area (Å²) < 4.78 is 47.6. The minimum Gasteiger partial charge on any atom is -0.628 e. The normalized spacial score (nSPS) is 13.2. The zero-order valence-corrected chi connectivity index (χ0v) is 23.1. The van der Waals surface area contributed by atoms with E-state index in [1.807, 2.05) is 6.42 Å². The molecular weight excluding hydrogens is 672 g/mol. The minimum atomic E-state index is -2.90. The van der Waals surface area contributed by atoms with Crippen LogP contribution in [0.2, 0.25) is 0 Å². The van der Waals surface area contributed by atoms with E-state index >= 15 is 0 Å². The monoisotopic (exact) mass is 689 g/mol. The van der Waals surface area contributed by atoms with Crippen molar-refractivity contribution in [2.24, 2.45) is 0 Å². The van der Waals surface area contributed by atoms with Crippen LogP contribution < -0.4 is 0 Å².